The molecule has 0 N–H and O–H groups in total. The van der Waals surface area contributed by atoms with Crippen LogP contribution in [0, 0.1) is 5.82 Å². The Morgan fingerprint density at radius 3 is 2.31 bits per heavy atom. The summed E-state index contributed by atoms with van der Waals surface area (Å²) in [5.41, 5.74) is 1.29. The zero-order chi connectivity index (χ0) is 11.8. The van der Waals surface area contributed by atoms with Crippen LogP contribution in [0.15, 0.2) is 24.3 Å². The summed E-state index contributed by atoms with van der Waals surface area (Å²) in [5, 5.41) is 0. The Hall–Kier alpha value is -1.09. The monoisotopic (exact) mass is 222 g/mol. The third-order valence-corrected chi connectivity index (χ3v) is 3.51. The number of nitrogens with zero attached hydrogens (tertiary/aromatic N) is 2. The van der Waals surface area contributed by atoms with Gasteiger partial charge in [-0.05, 0) is 45.2 Å². The molecule has 1 heterocycles. The predicted molar refractivity (Wildman–Crippen MR) is 65.3 cm³/mol. The van der Waals surface area contributed by atoms with Gasteiger partial charge in [-0.3, -0.25) is 4.90 Å². The molecule has 1 aromatic rings. The Morgan fingerprint density at radius 2 is 1.75 bits per heavy atom. The summed E-state index contributed by atoms with van der Waals surface area (Å²) < 4.78 is 12.8. The minimum atomic E-state index is -0.169. The van der Waals surface area contributed by atoms with Crippen molar-refractivity contribution >= 4 is 5.69 Å². The average molecular weight is 222 g/mol. The molecule has 0 spiro atoms. The maximum absolute atomic E-state index is 12.8. The van der Waals surface area contributed by atoms with Crippen LogP contribution in [0.25, 0.3) is 0 Å². The third kappa shape index (κ3) is 2.19. The molecule has 0 aromatic heterocycles. The molecule has 2 nitrogen and oxygen atoms in total. The van der Waals surface area contributed by atoms with Crippen LogP contribution in [0.3, 0.4) is 0 Å². The average Bonchev–Trinajstić information content (AvgIpc) is 2.23. The molecule has 0 aliphatic carbocycles. The Labute approximate surface area is 96.7 Å². The van der Waals surface area contributed by atoms with Crippen LogP contribution in [-0.4, -0.2) is 37.1 Å². The molecule has 2 rings (SSSR count). The van der Waals surface area contributed by atoms with Crippen LogP contribution in [0.2, 0.25) is 0 Å². The summed E-state index contributed by atoms with van der Waals surface area (Å²) in [6.45, 7) is 7.51. The Kier molecular flexibility index (Phi) is 2.89. The fourth-order valence-electron chi connectivity index (χ4n) is 2.11. The molecule has 0 atom stereocenters. The van der Waals surface area contributed by atoms with Gasteiger partial charge < -0.3 is 4.90 Å². The van der Waals surface area contributed by atoms with Crippen molar-refractivity contribution in [2.75, 3.05) is 31.6 Å². The molecular formula is C13H19FN2. The van der Waals surface area contributed by atoms with Gasteiger partial charge in [-0.25, -0.2) is 4.39 Å². The molecule has 0 unspecified atom stereocenters. The highest BCUT2D eigenvalue weighted by Gasteiger charge is 2.30. The van der Waals surface area contributed by atoms with Gasteiger partial charge in [0.2, 0.25) is 0 Å². The first-order valence-corrected chi connectivity index (χ1v) is 5.71. The van der Waals surface area contributed by atoms with E-state index in [1.807, 2.05) is 12.1 Å². The highest BCUT2D eigenvalue weighted by atomic mass is 19.1. The van der Waals surface area contributed by atoms with Gasteiger partial charge in [-0.15, -0.1) is 0 Å². The van der Waals surface area contributed by atoms with Crippen LogP contribution in [0.1, 0.15) is 13.8 Å². The van der Waals surface area contributed by atoms with E-state index in [2.05, 4.69) is 30.7 Å². The van der Waals surface area contributed by atoms with Crippen molar-refractivity contribution in [3.8, 4) is 0 Å². The normalized spacial score (nSPS) is 21.1. The van der Waals surface area contributed by atoms with E-state index in [1.165, 1.54) is 12.1 Å². The molecule has 88 valence electrons. The van der Waals surface area contributed by atoms with Crippen LogP contribution in [0.4, 0.5) is 10.1 Å². The van der Waals surface area contributed by atoms with Crippen molar-refractivity contribution in [2.24, 2.45) is 0 Å². The van der Waals surface area contributed by atoms with E-state index in [4.69, 9.17) is 0 Å². The zero-order valence-corrected chi connectivity index (χ0v) is 10.2. The van der Waals surface area contributed by atoms with Crippen molar-refractivity contribution in [2.45, 2.75) is 19.4 Å². The number of piperazine rings is 1. The molecular weight excluding hydrogens is 203 g/mol. The molecule has 0 bridgehead atoms. The smallest absolute Gasteiger partial charge is 0.123 e. The highest BCUT2D eigenvalue weighted by molar-refractivity contribution is 5.47. The van der Waals surface area contributed by atoms with E-state index < -0.39 is 0 Å². The topological polar surface area (TPSA) is 6.48 Å². The molecule has 0 saturated carbocycles. The molecule has 1 saturated heterocycles. The van der Waals surface area contributed by atoms with Gasteiger partial charge in [0.1, 0.15) is 5.82 Å². The van der Waals surface area contributed by atoms with E-state index in [-0.39, 0.29) is 11.4 Å². The zero-order valence-electron chi connectivity index (χ0n) is 10.2. The number of halogens is 1. The van der Waals surface area contributed by atoms with Crippen molar-refractivity contribution in [3.63, 3.8) is 0 Å². The van der Waals surface area contributed by atoms with Gasteiger partial charge in [-0.2, -0.15) is 0 Å². The van der Waals surface area contributed by atoms with Crippen molar-refractivity contribution in [3.05, 3.63) is 30.1 Å². The standard InChI is InChI=1S/C13H19FN2/c1-13(2)10-16(9-8-15(13)3)12-6-4-11(14)5-7-12/h4-7H,8-10H2,1-3H3. The predicted octanol–water partition coefficient (Wildman–Crippen LogP) is 2.36. The second kappa shape index (κ2) is 4.06. The second-order valence-electron chi connectivity index (χ2n) is 5.13. The van der Waals surface area contributed by atoms with E-state index in [9.17, 15) is 4.39 Å². The number of anilines is 1. The lowest BCUT2D eigenvalue weighted by molar-refractivity contribution is 0.139. The molecule has 1 aliphatic heterocycles. The summed E-state index contributed by atoms with van der Waals surface area (Å²) in [4.78, 5) is 4.69. The fourth-order valence-corrected chi connectivity index (χ4v) is 2.11. The minimum absolute atomic E-state index is 0.169. The minimum Gasteiger partial charge on any atom is -0.368 e. The Bertz CT molecular complexity index is 359. The summed E-state index contributed by atoms with van der Waals surface area (Å²) in [5.74, 6) is -0.169. The number of likely N-dealkylation sites (N-methyl/N-ethyl adjacent to an activating group) is 1. The maximum Gasteiger partial charge on any atom is 0.123 e. The highest BCUT2D eigenvalue weighted by Crippen LogP contribution is 2.24. The molecule has 0 amide bonds. The van der Waals surface area contributed by atoms with Crippen LogP contribution < -0.4 is 4.90 Å². The van der Waals surface area contributed by atoms with E-state index in [0.717, 1.165) is 25.3 Å². The SMILES string of the molecule is CN1CCN(c2ccc(F)cc2)CC1(C)C. The Morgan fingerprint density at radius 1 is 1.12 bits per heavy atom. The summed E-state index contributed by atoms with van der Waals surface area (Å²) >= 11 is 0. The maximum atomic E-state index is 12.8. The van der Waals surface area contributed by atoms with Crippen LogP contribution in [-0.2, 0) is 0 Å². The van der Waals surface area contributed by atoms with Crippen molar-refractivity contribution in [1.82, 2.24) is 4.90 Å². The van der Waals surface area contributed by atoms with Gasteiger partial charge in [0.15, 0.2) is 0 Å². The largest absolute Gasteiger partial charge is 0.368 e. The molecule has 1 fully saturated rings. The first-order chi connectivity index (χ1) is 7.49. The molecule has 3 heteroatoms. The first-order valence-electron chi connectivity index (χ1n) is 5.71. The molecule has 0 radical (unpaired) electrons. The first kappa shape index (κ1) is 11.4. The number of benzene rings is 1. The lowest BCUT2D eigenvalue weighted by atomic mass is 9.99. The number of hydrogen-bond acceptors (Lipinski definition) is 2. The van der Waals surface area contributed by atoms with Gasteiger partial charge in [-0.1, -0.05) is 0 Å². The van der Waals surface area contributed by atoms with Gasteiger partial charge in [0.05, 0.1) is 0 Å². The summed E-state index contributed by atoms with van der Waals surface area (Å²) in [7, 11) is 2.15. The third-order valence-electron chi connectivity index (χ3n) is 3.51. The molecule has 16 heavy (non-hydrogen) atoms. The number of rotatable bonds is 1. The lowest BCUT2D eigenvalue weighted by Gasteiger charge is -2.46. The van der Waals surface area contributed by atoms with Gasteiger partial charge in [0, 0.05) is 30.9 Å². The lowest BCUT2D eigenvalue weighted by Crippen LogP contribution is -2.57. The van der Waals surface area contributed by atoms with E-state index >= 15 is 0 Å². The van der Waals surface area contributed by atoms with Crippen molar-refractivity contribution in [1.29, 1.82) is 0 Å². The summed E-state index contributed by atoms with van der Waals surface area (Å²) in [6, 6.07) is 6.77. The van der Waals surface area contributed by atoms with Gasteiger partial charge in [0.25, 0.3) is 0 Å². The van der Waals surface area contributed by atoms with E-state index in [1.54, 1.807) is 0 Å². The second-order valence-corrected chi connectivity index (χ2v) is 5.13. The molecule has 1 aromatic carbocycles. The van der Waals surface area contributed by atoms with Gasteiger partial charge >= 0.3 is 0 Å². The molecule has 1 aliphatic rings. The Balaban J connectivity index is 2.14. The number of hydrogen-bond donors (Lipinski definition) is 0. The summed E-state index contributed by atoms with van der Waals surface area (Å²) in [6.07, 6.45) is 0. The van der Waals surface area contributed by atoms with Crippen LogP contribution in [0.5, 0.6) is 0 Å². The quantitative estimate of drug-likeness (QED) is 0.719. The van der Waals surface area contributed by atoms with Crippen LogP contribution >= 0.6 is 0 Å². The fraction of sp³-hybridized carbons (Fsp3) is 0.538. The van der Waals surface area contributed by atoms with Crippen molar-refractivity contribution < 1.29 is 4.39 Å². The van der Waals surface area contributed by atoms with E-state index in [0.29, 0.717) is 0 Å².